The molecule has 0 aliphatic carbocycles. The second-order valence-electron chi connectivity index (χ2n) is 8.34. The lowest BCUT2D eigenvalue weighted by molar-refractivity contribution is -0.679. The van der Waals surface area contributed by atoms with E-state index in [9.17, 15) is 0 Å². The minimum atomic E-state index is 0.000689. The van der Waals surface area contributed by atoms with Gasteiger partial charge < -0.3 is 4.90 Å². The van der Waals surface area contributed by atoms with Gasteiger partial charge in [-0.1, -0.05) is 0 Å². The van der Waals surface area contributed by atoms with Crippen LogP contribution in [0, 0.1) is 41.5 Å². The molecule has 0 spiro atoms. The van der Waals surface area contributed by atoms with Gasteiger partial charge in [0.15, 0.2) is 12.2 Å². The molecule has 126 valence electrons. The Morgan fingerprint density at radius 2 is 1.46 bits per heavy atom. The fourth-order valence-electron chi connectivity index (χ4n) is 5.03. The van der Waals surface area contributed by atoms with Crippen molar-refractivity contribution in [2.24, 2.45) is 0 Å². The van der Waals surface area contributed by atoms with Gasteiger partial charge in [0, 0.05) is 25.1 Å². The van der Waals surface area contributed by atoms with E-state index in [1.54, 1.807) is 0 Å². The molecule has 24 heavy (non-hydrogen) atoms. The molecule has 2 aliphatic heterocycles. The van der Waals surface area contributed by atoms with Crippen molar-refractivity contribution in [3.05, 3.63) is 44.6 Å². The Kier molecular flexibility index (Phi) is 2.88. The first-order valence-corrected chi connectivity index (χ1v) is 9.01. The number of pyridine rings is 1. The third-order valence-corrected chi connectivity index (χ3v) is 7.20. The molecular formula is C22H29N2+. The molecule has 2 aromatic rings. The van der Waals surface area contributed by atoms with Crippen LogP contribution < -0.4 is 9.47 Å². The van der Waals surface area contributed by atoms with E-state index in [1.165, 1.54) is 61.6 Å². The summed E-state index contributed by atoms with van der Waals surface area (Å²) in [5, 5.41) is 0. The average Bonchev–Trinajstić information content (AvgIpc) is 2.90. The molecule has 3 heterocycles. The van der Waals surface area contributed by atoms with Crippen molar-refractivity contribution in [3.8, 4) is 11.3 Å². The molecule has 0 fully saturated rings. The number of aromatic nitrogens is 1. The smallest absolute Gasteiger partial charge is 0.221 e. The van der Waals surface area contributed by atoms with Crippen molar-refractivity contribution < 1.29 is 4.57 Å². The van der Waals surface area contributed by atoms with Crippen molar-refractivity contribution in [3.63, 3.8) is 0 Å². The predicted molar refractivity (Wildman–Crippen MR) is 101 cm³/mol. The molecule has 0 atom stereocenters. The molecule has 2 aliphatic rings. The number of hydrogen-bond acceptors (Lipinski definition) is 1. The molecule has 4 rings (SSSR count). The van der Waals surface area contributed by atoms with E-state index in [1.807, 2.05) is 0 Å². The number of anilines is 1. The molecule has 0 unspecified atom stereocenters. The van der Waals surface area contributed by atoms with Crippen molar-refractivity contribution in [2.45, 2.75) is 67.5 Å². The van der Waals surface area contributed by atoms with E-state index in [2.05, 4.69) is 71.9 Å². The minimum Gasteiger partial charge on any atom is -0.364 e. The first-order chi connectivity index (χ1) is 11.1. The van der Waals surface area contributed by atoms with Crippen LogP contribution in [0.2, 0.25) is 0 Å². The van der Waals surface area contributed by atoms with Crippen LogP contribution in [0.3, 0.4) is 0 Å². The molecule has 1 aromatic heterocycles. The fraction of sp³-hybridized carbons (Fsp3) is 0.500. The van der Waals surface area contributed by atoms with E-state index >= 15 is 0 Å². The van der Waals surface area contributed by atoms with Gasteiger partial charge >= 0.3 is 0 Å². The summed E-state index contributed by atoms with van der Waals surface area (Å²) >= 11 is 0. The van der Waals surface area contributed by atoms with Gasteiger partial charge in [-0.25, -0.2) is 0 Å². The third-order valence-electron chi connectivity index (χ3n) is 7.20. The Balaban J connectivity index is 2.29. The fourth-order valence-corrected chi connectivity index (χ4v) is 5.03. The van der Waals surface area contributed by atoms with Gasteiger partial charge in [0.25, 0.3) is 0 Å². The summed E-state index contributed by atoms with van der Waals surface area (Å²) in [6.07, 6.45) is 0. The highest BCUT2D eigenvalue weighted by atomic mass is 15.2. The van der Waals surface area contributed by atoms with E-state index in [0.717, 1.165) is 6.54 Å². The quantitative estimate of drug-likeness (QED) is 0.551. The maximum atomic E-state index is 2.58. The number of nitrogens with zero attached hydrogens (tertiary/aromatic N) is 2. The van der Waals surface area contributed by atoms with Crippen LogP contribution in [0.4, 0.5) is 5.69 Å². The van der Waals surface area contributed by atoms with Crippen LogP contribution in [0.25, 0.3) is 11.3 Å². The van der Waals surface area contributed by atoms with Gasteiger partial charge in [0.1, 0.15) is 0 Å². The molecule has 1 aromatic carbocycles. The van der Waals surface area contributed by atoms with Crippen molar-refractivity contribution >= 4 is 5.69 Å². The SMILES string of the molecule is Cc1c(C)c2c3c(c1C)N(C)C(C)(C)c1c(C)c(C)c(C)[n+](c1-3)C2. The standard InChI is InChI=1S/C22H29N2/c1-11-13(3)17-10-24-16(6)12(2)14(4)19-21(24)18(17)20(15(11)5)23(9)22(19,7)8/h10H2,1-9H3/q+1. The Labute approximate surface area is 146 Å². The monoisotopic (exact) mass is 321 g/mol. The molecule has 0 saturated heterocycles. The molecular weight excluding hydrogens is 292 g/mol. The van der Waals surface area contributed by atoms with Crippen molar-refractivity contribution in [1.82, 2.24) is 0 Å². The van der Waals surface area contributed by atoms with Gasteiger partial charge in [-0.3, -0.25) is 0 Å². The topological polar surface area (TPSA) is 7.12 Å². The minimum absolute atomic E-state index is 0.000689. The van der Waals surface area contributed by atoms with Crippen LogP contribution in [-0.4, -0.2) is 7.05 Å². The maximum Gasteiger partial charge on any atom is 0.221 e. The highest BCUT2D eigenvalue weighted by Crippen LogP contribution is 2.53. The van der Waals surface area contributed by atoms with Crippen molar-refractivity contribution in [1.29, 1.82) is 0 Å². The second kappa shape index (κ2) is 4.41. The van der Waals surface area contributed by atoms with Crippen LogP contribution in [-0.2, 0) is 12.1 Å². The first-order valence-electron chi connectivity index (χ1n) is 9.01. The Hall–Kier alpha value is -1.83. The van der Waals surface area contributed by atoms with Crippen LogP contribution >= 0.6 is 0 Å². The number of rotatable bonds is 0. The number of hydrogen-bond donors (Lipinski definition) is 0. The van der Waals surface area contributed by atoms with Crippen LogP contribution in [0.1, 0.15) is 58.5 Å². The van der Waals surface area contributed by atoms with Gasteiger partial charge in [-0.05, 0) is 70.7 Å². The summed E-state index contributed by atoms with van der Waals surface area (Å²) in [4.78, 5) is 2.52. The summed E-state index contributed by atoms with van der Waals surface area (Å²) < 4.78 is 2.58. The lowest BCUT2D eigenvalue weighted by atomic mass is 9.77. The molecule has 0 radical (unpaired) electrons. The second-order valence-corrected chi connectivity index (χ2v) is 8.34. The summed E-state index contributed by atoms with van der Waals surface area (Å²) in [6, 6.07) is 0. The largest absolute Gasteiger partial charge is 0.364 e. The zero-order valence-corrected chi connectivity index (χ0v) is 16.6. The highest BCUT2D eigenvalue weighted by Gasteiger charge is 2.48. The lowest BCUT2D eigenvalue weighted by Gasteiger charge is -2.44. The van der Waals surface area contributed by atoms with Crippen LogP contribution in [0.5, 0.6) is 0 Å². The van der Waals surface area contributed by atoms with E-state index < -0.39 is 0 Å². The molecule has 0 N–H and O–H groups in total. The summed E-state index contributed by atoms with van der Waals surface area (Å²) in [7, 11) is 2.28. The van der Waals surface area contributed by atoms with E-state index in [-0.39, 0.29) is 5.54 Å². The maximum absolute atomic E-state index is 2.58. The summed E-state index contributed by atoms with van der Waals surface area (Å²) in [6.45, 7) is 19.5. The zero-order valence-electron chi connectivity index (χ0n) is 16.6. The first kappa shape index (κ1) is 15.7. The van der Waals surface area contributed by atoms with Crippen molar-refractivity contribution in [2.75, 3.05) is 11.9 Å². The Morgan fingerprint density at radius 3 is 2.08 bits per heavy atom. The molecule has 2 heteroatoms. The molecule has 0 amide bonds. The molecule has 2 nitrogen and oxygen atoms in total. The molecule has 0 bridgehead atoms. The van der Waals surface area contributed by atoms with Crippen LogP contribution in [0.15, 0.2) is 0 Å². The van der Waals surface area contributed by atoms with Gasteiger partial charge in [0.2, 0.25) is 5.69 Å². The molecule has 0 saturated carbocycles. The lowest BCUT2D eigenvalue weighted by Crippen LogP contribution is -2.47. The normalized spacial score (nSPS) is 16.6. The Morgan fingerprint density at radius 1 is 0.833 bits per heavy atom. The highest BCUT2D eigenvalue weighted by molar-refractivity contribution is 5.90. The third kappa shape index (κ3) is 1.51. The number of benzene rings is 1. The van der Waals surface area contributed by atoms with E-state index in [0.29, 0.717) is 0 Å². The van der Waals surface area contributed by atoms with Gasteiger partial charge in [-0.15, -0.1) is 0 Å². The zero-order chi connectivity index (χ0) is 17.7. The average molecular weight is 321 g/mol. The Bertz CT molecular complexity index is 932. The predicted octanol–water partition coefficient (Wildman–Crippen LogP) is 4.54. The van der Waals surface area contributed by atoms with Gasteiger partial charge in [0.05, 0.1) is 22.4 Å². The summed E-state index contributed by atoms with van der Waals surface area (Å²) in [5.74, 6) is 0. The summed E-state index contributed by atoms with van der Waals surface area (Å²) in [5.41, 5.74) is 16.2. The van der Waals surface area contributed by atoms with Gasteiger partial charge in [-0.2, -0.15) is 4.57 Å². The van der Waals surface area contributed by atoms with E-state index in [4.69, 9.17) is 0 Å².